The third-order valence-electron chi connectivity index (χ3n) is 3.29. The minimum atomic E-state index is 0.237. The number of nitrogens with one attached hydrogen (secondary N) is 1. The molecule has 0 aromatic heterocycles. The molecule has 1 N–H and O–H groups in total. The summed E-state index contributed by atoms with van der Waals surface area (Å²) in [5.74, 6) is 0.870. The third-order valence-corrected chi connectivity index (χ3v) is 3.29. The minimum Gasteiger partial charge on any atom is -0.497 e. The Morgan fingerprint density at radius 2 is 1.95 bits per heavy atom. The van der Waals surface area contributed by atoms with Crippen LogP contribution in [0.25, 0.3) is 0 Å². The molecule has 0 fully saturated rings. The van der Waals surface area contributed by atoms with E-state index in [0.717, 1.165) is 12.3 Å². The van der Waals surface area contributed by atoms with Crippen molar-refractivity contribution in [1.82, 2.24) is 5.32 Å². The lowest BCUT2D eigenvalue weighted by atomic mass is 10.1. The van der Waals surface area contributed by atoms with Crippen molar-refractivity contribution < 1.29 is 4.74 Å². The maximum Gasteiger partial charge on any atom is 0.119 e. The number of ether oxygens (including phenoxy) is 1. The Kier molecular flexibility index (Phi) is 4.75. The molecule has 20 heavy (non-hydrogen) atoms. The normalized spacial score (nSPS) is 11.7. The van der Waals surface area contributed by atoms with Gasteiger partial charge in [-0.1, -0.05) is 24.3 Å². The maximum absolute atomic E-state index is 8.77. The third kappa shape index (κ3) is 3.59. The van der Waals surface area contributed by atoms with Crippen LogP contribution in [0.2, 0.25) is 0 Å². The second kappa shape index (κ2) is 6.74. The van der Waals surface area contributed by atoms with E-state index in [2.05, 4.69) is 24.4 Å². The van der Waals surface area contributed by atoms with Gasteiger partial charge in [-0.3, -0.25) is 0 Å². The van der Waals surface area contributed by atoms with E-state index in [9.17, 15) is 0 Å². The highest BCUT2D eigenvalue weighted by Gasteiger charge is 2.05. The summed E-state index contributed by atoms with van der Waals surface area (Å²) in [6.07, 6.45) is 0. The number of rotatable bonds is 5. The molecule has 0 amide bonds. The molecule has 1 atom stereocenters. The molecule has 3 heteroatoms. The first-order chi connectivity index (χ1) is 9.72. The first kappa shape index (κ1) is 14.1. The molecule has 0 bridgehead atoms. The molecule has 0 unspecified atom stereocenters. The second-order valence-electron chi connectivity index (χ2n) is 4.69. The van der Waals surface area contributed by atoms with E-state index in [1.165, 1.54) is 11.1 Å². The van der Waals surface area contributed by atoms with Crippen molar-refractivity contribution in [2.75, 3.05) is 7.11 Å². The van der Waals surface area contributed by atoms with Crippen LogP contribution in [0.3, 0.4) is 0 Å². The molecule has 0 aliphatic carbocycles. The fourth-order valence-corrected chi connectivity index (χ4v) is 2.00. The number of hydrogen-bond acceptors (Lipinski definition) is 3. The summed E-state index contributed by atoms with van der Waals surface area (Å²) in [5, 5.41) is 12.2. The lowest BCUT2D eigenvalue weighted by Crippen LogP contribution is -2.18. The van der Waals surface area contributed by atoms with Crippen molar-refractivity contribution in [3.8, 4) is 11.8 Å². The van der Waals surface area contributed by atoms with E-state index in [-0.39, 0.29) is 6.04 Å². The highest BCUT2D eigenvalue weighted by Crippen LogP contribution is 2.19. The van der Waals surface area contributed by atoms with Crippen molar-refractivity contribution in [2.45, 2.75) is 19.5 Å². The summed E-state index contributed by atoms with van der Waals surface area (Å²) in [7, 11) is 1.67. The average molecular weight is 266 g/mol. The fraction of sp³-hybridized carbons (Fsp3) is 0.235. The van der Waals surface area contributed by atoms with E-state index in [1.807, 2.05) is 42.5 Å². The van der Waals surface area contributed by atoms with Crippen LogP contribution < -0.4 is 10.1 Å². The van der Waals surface area contributed by atoms with Gasteiger partial charge in [0, 0.05) is 12.6 Å². The molecule has 0 spiro atoms. The van der Waals surface area contributed by atoms with Gasteiger partial charge in [0.25, 0.3) is 0 Å². The van der Waals surface area contributed by atoms with Crippen LogP contribution in [0.4, 0.5) is 0 Å². The summed E-state index contributed by atoms with van der Waals surface area (Å²) < 4.78 is 5.23. The van der Waals surface area contributed by atoms with Crippen molar-refractivity contribution in [3.63, 3.8) is 0 Å². The van der Waals surface area contributed by atoms with E-state index < -0.39 is 0 Å². The molecule has 0 heterocycles. The molecule has 2 aromatic carbocycles. The highest BCUT2D eigenvalue weighted by molar-refractivity contribution is 5.32. The SMILES string of the molecule is COc1cccc([C@@H](C)NCc2ccc(C#N)cc2)c1. The van der Waals surface area contributed by atoms with Crippen LogP contribution in [-0.4, -0.2) is 7.11 Å². The molecular formula is C17H18N2O. The zero-order chi connectivity index (χ0) is 14.4. The average Bonchev–Trinajstić information content (AvgIpc) is 2.53. The summed E-state index contributed by atoms with van der Waals surface area (Å²) in [6, 6.07) is 18.0. The Morgan fingerprint density at radius 1 is 1.20 bits per heavy atom. The van der Waals surface area contributed by atoms with E-state index in [4.69, 9.17) is 10.00 Å². The predicted octanol–water partition coefficient (Wildman–Crippen LogP) is 3.42. The Morgan fingerprint density at radius 3 is 2.60 bits per heavy atom. The van der Waals surface area contributed by atoms with Crippen molar-refractivity contribution >= 4 is 0 Å². The first-order valence-corrected chi connectivity index (χ1v) is 6.59. The Balaban J connectivity index is 1.97. The van der Waals surface area contributed by atoms with Crippen LogP contribution in [-0.2, 0) is 6.54 Å². The van der Waals surface area contributed by atoms with Gasteiger partial charge in [0.15, 0.2) is 0 Å². The molecule has 0 radical (unpaired) electrons. The summed E-state index contributed by atoms with van der Waals surface area (Å²) in [4.78, 5) is 0. The standard InChI is InChI=1S/C17H18N2O/c1-13(16-4-3-5-17(10-16)20-2)19-12-15-8-6-14(11-18)7-9-15/h3-10,13,19H,12H2,1-2H3/t13-/m1/s1. The van der Waals surface area contributed by atoms with E-state index in [1.54, 1.807) is 7.11 Å². The van der Waals surface area contributed by atoms with Crippen LogP contribution in [0.1, 0.15) is 29.7 Å². The molecule has 0 aliphatic rings. The largest absolute Gasteiger partial charge is 0.497 e. The monoisotopic (exact) mass is 266 g/mol. The second-order valence-corrected chi connectivity index (χ2v) is 4.69. The number of methoxy groups -OCH3 is 1. The molecule has 3 nitrogen and oxygen atoms in total. The Labute approximate surface area is 119 Å². The first-order valence-electron chi connectivity index (χ1n) is 6.59. The quantitative estimate of drug-likeness (QED) is 0.902. The predicted molar refractivity (Wildman–Crippen MR) is 79.4 cm³/mol. The fourth-order valence-electron chi connectivity index (χ4n) is 2.00. The summed E-state index contributed by atoms with van der Waals surface area (Å²) in [5.41, 5.74) is 3.05. The molecule has 0 saturated heterocycles. The van der Waals surface area contributed by atoms with Crippen LogP contribution in [0, 0.1) is 11.3 Å². The number of hydrogen-bond donors (Lipinski definition) is 1. The lowest BCUT2D eigenvalue weighted by Gasteiger charge is -2.15. The topological polar surface area (TPSA) is 45.0 Å². The zero-order valence-corrected chi connectivity index (χ0v) is 11.8. The Hall–Kier alpha value is -2.31. The van der Waals surface area contributed by atoms with Gasteiger partial charge in [0.05, 0.1) is 18.7 Å². The number of nitriles is 1. The molecule has 2 aromatic rings. The van der Waals surface area contributed by atoms with Crippen LogP contribution >= 0.6 is 0 Å². The van der Waals surface area contributed by atoms with E-state index >= 15 is 0 Å². The van der Waals surface area contributed by atoms with Gasteiger partial charge in [-0.25, -0.2) is 0 Å². The van der Waals surface area contributed by atoms with Gasteiger partial charge in [0.1, 0.15) is 5.75 Å². The number of benzene rings is 2. The number of nitrogens with zero attached hydrogens (tertiary/aromatic N) is 1. The molecule has 0 saturated carbocycles. The minimum absolute atomic E-state index is 0.237. The van der Waals surface area contributed by atoms with Gasteiger partial charge in [0.2, 0.25) is 0 Å². The van der Waals surface area contributed by atoms with Crippen molar-refractivity contribution in [3.05, 3.63) is 65.2 Å². The highest BCUT2D eigenvalue weighted by atomic mass is 16.5. The molecule has 0 aliphatic heterocycles. The molecular weight excluding hydrogens is 248 g/mol. The van der Waals surface area contributed by atoms with Crippen molar-refractivity contribution in [1.29, 1.82) is 5.26 Å². The Bertz CT molecular complexity index is 599. The van der Waals surface area contributed by atoms with Crippen LogP contribution in [0.5, 0.6) is 5.75 Å². The molecule has 2 rings (SSSR count). The summed E-state index contributed by atoms with van der Waals surface area (Å²) in [6.45, 7) is 2.89. The zero-order valence-electron chi connectivity index (χ0n) is 11.8. The van der Waals surface area contributed by atoms with E-state index in [0.29, 0.717) is 5.56 Å². The van der Waals surface area contributed by atoms with Gasteiger partial charge >= 0.3 is 0 Å². The van der Waals surface area contributed by atoms with Gasteiger partial charge in [-0.05, 0) is 42.3 Å². The smallest absolute Gasteiger partial charge is 0.119 e. The van der Waals surface area contributed by atoms with Crippen LogP contribution in [0.15, 0.2) is 48.5 Å². The maximum atomic E-state index is 8.77. The van der Waals surface area contributed by atoms with Gasteiger partial charge < -0.3 is 10.1 Å². The van der Waals surface area contributed by atoms with Gasteiger partial charge in [-0.15, -0.1) is 0 Å². The van der Waals surface area contributed by atoms with Crippen molar-refractivity contribution in [2.24, 2.45) is 0 Å². The van der Waals surface area contributed by atoms with Gasteiger partial charge in [-0.2, -0.15) is 5.26 Å². The summed E-state index contributed by atoms with van der Waals surface area (Å²) >= 11 is 0. The lowest BCUT2D eigenvalue weighted by molar-refractivity contribution is 0.413. The molecule has 102 valence electrons.